The van der Waals surface area contributed by atoms with Gasteiger partial charge < -0.3 is 4.90 Å². The van der Waals surface area contributed by atoms with Crippen molar-refractivity contribution in [3.05, 3.63) is 69.0 Å². The number of amides is 1. The normalized spacial score (nSPS) is 12.1. The molecule has 0 spiro atoms. The third-order valence-electron chi connectivity index (χ3n) is 3.96. The maximum absolute atomic E-state index is 13.5. The average molecular weight is 359 g/mol. The van der Waals surface area contributed by atoms with Gasteiger partial charge in [0.15, 0.2) is 0 Å². The Kier molecular flexibility index (Phi) is 4.45. The summed E-state index contributed by atoms with van der Waals surface area (Å²) in [4.78, 5) is 28.6. The van der Waals surface area contributed by atoms with Crippen LogP contribution in [0.15, 0.2) is 42.5 Å². The van der Waals surface area contributed by atoms with Crippen LogP contribution in [-0.2, 0) is 0 Å². The summed E-state index contributed by atoms with van der Waals surface area (Å²) >= 11 is 1.48. The Balaban J connectivity index is 1.89. The minimum absolute atomic E-state index is 0.0589. The second-order valence-corrected chi connectivity index (χ2v) is 6.60. The van der Waals surface area contributed by atoms with E-state index in [0.29, 0.717) is 0 Å². The van der Waals surface area contributed by atoms with E-state index in [0.717, 1.165) is 27.4 Å². The summed E-state index contributed by atoms with van der Waals surface area (Å²) in [5, 5.41) is 11.6. The van der Waals surface area contributed by atoms with Gasteiger partial charge in [-0.2, -0.15) is 4.39 Å². The molecule has 1 aromatic heterocycles. The third kappa shape index (κ3) is 3.20. The smallest absolute Gasteiger partial charge is 0.305 e. The Labute approximate surface area is 146 Å². The van der Waals surface area contributed by atoms with E-state index in [9.17, 15) is 19.3 Å². The Bertz CT molecular complexity index is 940. The molecule has 0 bridgehead atoms. The number of nitro groups is 1. The van der Waals surface area contributed by atoms with Crippen molar-refractivity contribution in [2.24, 2.45) is 0 Å². The number of hydrogen-bond donors (Lipinski definition) is 0. The highest BCUT2D eigenvalue weighted by Gasteiger charge is 2.24. The number of aromatic nitrogens is 1. The maximum Gasteiger partial charge on any atom is 0.305 e. The van der Waals surface area contributed by atoms with Gasteiger partial charge >= 0.3 is 5.69 Å². The maximum atomic E-state index is 13.5. The van der Waals surface area contributed by atoms with Gasteiger partial charge in [0.05, 0.1) is 21.2 Å². The number of rotatable bonds is 4. The number of nitro benzene ring substituents is 1. The Morgan fingerprint density at radius 3 is 2.72 bits per heavy atom. The number of fused-ring (bicyclic) bond motifs is 1. The predicted octanol–water partition coefficient (Wildman–Crippen LogP) is 4.18. The van der Waals surface area contributed by atoms with E-state index >= 15 is 0 Å². The molecule has 0 unspecified atom stereocenters. The molecule has 1 atom stereocenters. The molecule has 0 fully saturated rings. The molecule has 8 heteroatoms. The highest BCUT2D eigenvalue weighted by Crippen LogP contribution is 2.30. The summed E-state index contributed by atoms with van der Waals surface area (Å²) < 4.78 is 14.5. The quantitative estimate of drug-likeness (QED) is 0.517. The zero-order valence-corrected chi connectivity index (χ0v) is 14.3. The molecule has 3 rings (SSSR count). The van der Waals surface area contributed by atoms with Crippen LogP contribution < -0.4 is 0 Å². The summed E-state index contributed by atoms with van der Waals surface area (Å²) in [5.41, 5.74) is 0.197. The second-order valence-electron chi connectivity index (χ2n) is 5.54. The lowest BCUT2D eigenvalue weighted by molar-refractivity contribution is -0.387. The lowest BCUT2D eigenvalue weighted by Gasteiger charge is -2.23. The molecular weight excluding hydrogens is 345 g/mol. The number of nitrogens with zero attached hydrogens (tertiary/aromatic N) is 3. The van der Waals surface area contributed by atoms with Gasteiger partial charge in [-0.25, -0.2) is 4.98 Å². The van der Waals surface area contributed by atoms with Gasteiger partial charge in [-0.15, -0.1) is 11.3 Å². The molecule has 0 aliphatic carbocycles. The monoisotopic (exact) mass is 359 g/mol. The molecule has 0 aliphatic heterocycles. The number of benzene rings is 2. The van der Waals surface area contributed by atoms with Crippen LogP contribution in [0, 0.1) is 15.9 Å². The fraction of sp³-hybridized carbons (Fsp3) is 0.176. The van der Waals surface area contributed by atoms with Gasteiger partial charge in [0.2, 0.25) is 5.82 Å². The van der Waals surface area contributed by atoms with Crippen LogP contribution >= 0.6 is 11.3 Å². The predicted molar refractivity (Wildman–Crippen MR) is 93.2 cm³/mol. The van der Waals surface area contributed by atoms with Gasteiger partial charge in [-0.3, -0.25) is 14.9 Å². The summed E-state index contributed by atoms with van der Waals surface area (Å²) in [6.07, 6.45) is 0. The fourth-order valence-corrected chi connectivity index (χ4v) is 3.46. The highest BCUT2D eigenvalue weighted by molar-refractivity contribution is 7.18. The van der Waals surface area contributed by atoms with Gasteiger partial charge in [0.25, 0.3) is 5.91 Å². The van der Waals surface area contributed by atoms with Crippen molar-refractivity contribution in [3.63, 3.8) is 0 Å². The Morgan fingerprint density at radius 1 is 1.32 bits per heavy atom. The van der Waals surface area contributed by atoms with Crippen molar-refractivity contribution in [1.29, 1.82) is 0 Å². The molecule has 0 aliphatic rings. The first-order valence-corrected chi connectivity index (χ1v) is 8.26. The molecule has 0 radical (unpaired) electrons. The summed E-state index contributed by atoms with van der Waals surface area (Å²) in [7, 11) is 1.59. The molecule has 6 nitrogen and oxygen atoms in total. The highest BCUT2D eigenvalue weighted by atomic mass is 32.1. The van der Waals surface area contributed by atoms with Gasteiger partial charge in [0, 0.05) is 18.7 Å². The van der Waals surface area contributed by atoms with E-state index in [1.54, 1.807) is 7.05 Å². The van der Waals surface area contributed by atoms with Crippen LogP contribution in [0.25, 0.3) is 10.2 Å². The molecular formula is C17H14FN3O3S. The zero-order valence-electron chi connectivity index (χ0n) is 13.5. The van der Waals surface area contributed by atoms with Crippen LogP contribution in [0.4, 0.5) is 10.1 Å². The molecule has 2 aromatic carbocycles. The van der Waals surface area contributed by atoms with Crippen LogP contribution in [0.3, 0.4) is 0 Å². The largest absolute Gasteiger partial charge is 0.333 e. The molecule has 128 valence electrons. The van der Waals surface area contributed by atoms with Crippen molar-refractivity contribution >= 4 is 33.1 Å². The van der Waals surface area contributed by atoms with Crippen LogP contribution in [-0.4, -0.2) is 27.8 Å². The third-order valence-corrected chi connectivity index (χ3v) is 5.17. The summed E-state index contributed by atoms with van der Waals surface area (Å²) in [5.74, 6) is -1.40. The van der Waals surface area contributed by atoms with Crippen LogP contribution in [0.1, 0.15) is 28.3 Å². The van der Waals surface area contributed by atoms with Gasteiger partial charge in [0.1, 0.15) is 5.01 Å². The summed E-state index contributed by atoms with van der Waals surface area (Å²) in [6, 6.07) is 10.5. The standard InChI is InChI=1S/C17H14FN3O3S/c1-10(16-19-13-5-3-4-6-15(13)25-16)20(2)17(22)11-7-8-12(18)14(9-11)21(23)24/h3-10H,1-2H3/t10-/m0/s1. The average Bonchev–Trinajstić information content (AvgIpc) is 3.04. The van der Waals surface area contributed by atoms with E-state index in [1.165, 1.54) is 22.3 Å². The van der Waals surface area contributed by atoms with E-state index in [1.807, 2.05) is 31.2 Å². The fourth-order valence-electron chi connectivity index (χ4n) is 2.40. The van der Waals surface area contributed by atoms with Crippen LogP contribution in [0.5, 0.6) is 0 Å². The molecule has 0 saturated carbocycles. The SMILES string of the molecule is C[C@@H](c1nc2ccccc2s1)N(C)C(=O)c1ccc(F)c([N+](=O)[O-])c1. The van der Waals surface area contributed by atoms with Crippen molar-refractivity contribution in [1.82, 2.24) is 9.88 Å². The van der Waals surface area contributed by atoms with E-state index < -0.39 is 22.3 Å². The van der Waals surface area contributed by atoms with Crippen molar-refractivity contribution < 1.29 is 14.1 Å². The number of thiazole rings is 1. The molecule has 0 saturated heterocycles. The lowest BCUT2D eigenvalue weighted by atomic mass is 10.1. The number of para-hydroxylation sites is 1. The number of carbonyl (C=O) groups is 1. The topological polar surface area (TPSA) is 76.3 Å². The molecule has 25 heavy (non-hydrogen) atoms. The number of hydrogen-bond acceptors (Lipinski definition) is 5. The first-order chi connectivity index (χ1) is 11.9. The summed E-state index contributed by atoms with van der Waals surface area (Å²) in [6.45, 7) is 1.83. The minimum atomic E-state index is -0.969. The van der Waals surface area contributed by atoms with Gasteiger partial charge in [-0.1, -0.05) is 12.1 Å². The first-order valence-electron chi connectivity index (χ1n) is 7.45. The Hall–Kier alpha value is -2.87. The number of carbonyl (C=O) groups excluding carboxylic acids is 1. The van der Waals surface area contributed by atoms with Crippen molar-refractivity contribution in [2.75, 3.05) is 7.05 Å². The zero-order chi connectivity index (χ0) is 18.1. The molecule has 0 N–H and O–H groups in total. The lowest BCUT2D eigenvalue weighted by Crippen LogP contribution is -2.29. The van der Waals surface area contributed by atoms with E-state index in [4.69, 9.17) is 0 Å². The van der Waals surface area contributed by atoms with Crippen LogP contribution in [0.2, 0.25) is 0 Å². The Morgan fingerprint density at radius 2 is 2.04 bits per heavy atom. The van der Waals surface area contributed by atoms with Crippen molar-refractivity contribution in [3.8, 4) is 0 Å². The molecule has 1 heterocycles. The van der Waals surface area contributed by atoms with Crippen molar-refractivity contribution in [2.45, 2.75) is 13.0 Å². The van der Waals surface area contributed by atoms with E-state index in [2.05, 4.69) is 4.98 Å². The second kappa shape index (κ2) is 6.56. The minimum Gasteiger partial charge on any atom is -0.333 e. The molecule has 1 amide bonds. The van der Waals surface area contributed by atoms with E-state index in [-0.39, 0.29) is 11.6 Å². The number of halogens is 1. The first kappa shape index (κ1) is 17.0. The van der Waals surface area contributed by atoms with Gasteiger partial charge in [-0.05, 0) is 31.2 Å². The molecule has 3 aromatic rings.